The number of rotatable bonds is 10. The molecule has 0 radical (unpaired) electrons. The minimum Gasteiger partial charge on any atom is -0.392 e. The number of unbranched alkanes of at least 4 members (excludes halogenated alkanes) is 1. The first kappa shape index (κ1) is 15.9. The van der Waals surface area contributed by atoms with Crippen molar-refractivity contribution in [2.75, 3.05) is 6.54 Å². The number of nitrogens with two attached hydrogens (primary N) is 1. The van der Waals surface area contributed by atoms with Crippen LogP contribution in [0.15, 0.2) is 0 Å². The zero-order chi connectivity index (χ0) is 12.4. The quantitative estimate of drug-likeness (QED) is 0.538. The van der Waals surface area contributed by atoms with Gasteiger partial charge >= 0.3 is 0 Å². The van der Waals surface area contributed by atoms with Gasteiger partial charge in [-0.25, -0.2) is 0 Å². The van der Waals surface area contributed by atoms with Crippen LogP contribution in [0.4, 0.5) is 0 Å². The molecule has 0 aromatic carbocycles. The highest BCUT2D eigenvalue weighted by molar-refractivity contribution is 4.73. The summed E-state index contributed by atoms with van der Waals surface area (Å²) in [5, 5.41) is 13.1. The molecule has 4 N–H and O–H groups in total. The first-order valence-electron chi connectivity index (χ1n) is 6.77. The first-order chi connectivity index (χ1) is 7.60. The summed E-state index contributed by atoms with van der Waals surface area (Å²) in [6.07, 6.45) is 6.32. The topological polar surface area (TPSA) is 58.3 Å². The van der Waals surface area contributed by atoms with Crippen molar-refractivity contribution < 1.29 is 5.11 Å². The van der Waals surface area contributed by atoms with Crippen molar-refractivity contribution in [2.24, 2.45) is 5.73 Å². The molecule has 16 heavy (non-hydrogen) atoms. The molecular formula is C13H30N2O. The lowest BCUT2D eigenvalue weighted by Crippen LogP contribution is -2.39. The lowest BCUT2D eigenvalue weighted by molar-refractivity contribution is 0.154. The van der Waals surface area contributed by atoms with Crippen molar-refractivity contribution in [3.63, 3.8) is 0 Å². The van der Waals surface area contributed by atoms with E-state index in [2.05, 4.69) is 19.2 Å². The molecule has 98 valence electrons. The molecule has 0 saturated heterocycles. The maximum absolute atomic E-state index is 9.66. The minimum absolute atomic E-state index is 0.206. The van der Waals surface area contributed by atoms with E-state index in [0.29, 0.717) is 12.6 Å². The lowest BCUT2D eigenvalue weighted by Gasteiger charge is -2.22. The lowest BCUT2D eigenvalue weighted by atomic mass is 10.0. The van der Waals surface area contributed by atoms with Crippen LogP contribution < -0.4 is 11.1 Å². The number of aliphatic hydroxyl groups is 1. The molecular weight excluding hydrogens is 200 g/mol. The molecule has 0 spiro atoms. The van der Waals surface area contributed by atoms with Crippen molar-refractivity contribution in [1.82, 2.24) is 5.32 Å². The molecule has 0 heterocycles. The molecule has 3 atom stereocenters. The molecule has 0 bridgehead atoms. The van der Waals surface area contributed by atoms with Gasteiger partial charge in [-0.1, -0.05) is 33.1 Å². The SMILES string of the molecule is CCCCC(CC(C)N)NCC(O)CCC. The maximum atomic E-state index is 9.66. The minimum atomic E-state index is -0.206. The van der Waals surface area contributed by atoms with Crippen LogP contribution in [0.25, 0.3) is 0 Å². The molecule has 3 heteroatoms. The van der Waals surface area contributed by atoms with Crippen LogP contribution in [0.5, 0.6) is 0 Å². The predicted octanol–water partition coefficient (Wildman–Crippen LogP) is 2.03. The molecule has 0 fully saturated rings. The molecule has 3 unspecified atom stereocenters. The summed E-state index contributed by atoms with van der Waals surface area (Å²) in [5.41, 5.74) is 5.83. The van der Waals surface area contributed by atoms with E-state index >= 15 is 0 Å². The summed E-state index contributed by atoms with van der Waals surface area (Å²) >= 11 is 0. The molecule has 3 nitrogen and oxygen atoms in total. The van der Waals surface area contributed by atoms with E-state index in [1.807, 2.05) is 6.92 Å². The molecule has 0 aliphatic heterocycles. The highest BCUT2D eigenvalue weighted by atomic mass is 16.3. The largest absolute Gasteiger partial charge is 0.392 e. The Morgan fingerprint density at radius 2 is 1.88 bits per heavy atom. The first-order valence-corrected chi connectivity index (χ1v) is 6.77. The van der Waals surface area contributed by atoms with Crippen molar-refractivity contribution in [3.05, 3.63) is 0 Å². The van der Waals surface area contributed by atoms with Crippen molar-refractivity contribution in [3.8, 4) is 0 Å². The van der Waals surface area contributed by atoms with Gasteiger partial charge in [0.1, 0.15) is 0 Å². The van der Waals surface area contributed by atoms with Gasteiger partial charge in [0.2, 0.25) is 0 Å². The van der Waals surface area contributed by atoms with Gasteiger partial charge in [-0.05, 0) is 26.2 Å². The van der Waals surface area contributed by atoms with E-state index in [-0.39, 0.29) is 12.1 Å². The fraction of sp³-hybridized carbons (Fsp3) is 1.00. The van der Waals surface area contributed by atoms with E-state index in [1.54, 1.807) is 0 Å². The Balaban J connectivity index is 3.80. The fourth-order valence-electron chi connectivity index (χ4n) is 1.94. The highest BCUT2D eigenvalue weighted by Crippen LogP contribution is 2.07. The van der Waals surface area contributed by atoms with Gasteiger partial charge in [-0.2, -0.15) is 0 Å². The third-order valence-corrected chi connectivity index (χ3v) is 2.83. The van der Waals surface area contributed by atoms with Crippen LogP contribution >= 0.6 is 0 Å². The Morgan fingerprint density at radius 3 is 2.38 bits per heavy atom. The number of aliphatic hydroxyl groups excluding tert-OH is 1. The molecule has 0 aliphatic rings. The summed E-state index contributed by atoms with van der Waals surface area (Å²) in [5.74, 6) is 0. The van der Waals surface area contributed by atoms with Crippen LogP contribution in [0, 0.1) is 0 Å². The monoisotopic (exact) mass is 230 g/mol. The third-order valence-electron chi connectivity index (χ3n) is 2.83. The van der Waals surface area contributed by atoms with Gasteiger partial charge < -0.3 is 16.2 Å². The second-order valence-electron chi connectivity index (χ2n) is 4.90. The normalized spacial score (nSPS) is 17.1. The van der Waals surface area contributed by atoms with Crippen LogP contribution in [0.1, 0.15) is 59.3 Å². The Kier molecular flexibility index (Phi) is 9.99. The van der Waals surface area contributed by atoms with Crippen molar-refractivity contribution >= 4 is 0 Å². The van der Waals surface area contributed by atoms with Gasteiger partial charge in [0, 0.05) is 18.6 Å². The molecule has 0 saturated carbocycles. The number of hydrogen-bond donors (Lipinski definition) is 3. The zero-order valence-electron chi connectivity index (χ0n) is 11.2. The van der Waals surface area contributed by atoms with Crippen molar-refractivity contribution in [1.29, 1.82) is 0 Å². The smallest absolute Gasteiger partial charge is 0.0664 e. The Morgan fingerprint density at radius 1 is 1.19 bits per heavy atom. The number of nitrogens with one attached hydrogen (secondary N) is 1. The van der Waals surface area contributed by atoms with E-state index in [1.165, 1.54) is 12.8 Å². The molecule has 0 amide bonds. The summed E-state index contributed by atoms with van der Waals surface area (Å²) in [6, 6.07) is 0.698. The van der Waals surface area contributed by atoms with E-state index in [0.717, 1.165) is 25.7 Å². The maximum Gasteiger partial charge on any atom is 0.0664 e. The number of hydrogen-bond acceptors (Lipinski definition) is 3. The Hall–Kier alpha value is -0.120. The predicted molar refractivity (Wildman–Crippen MR) is 70.5 cm³/mol. The van der Waals surface area contributed by atoms with Crippen molar-refractivity contribution in [2.45, 2.75) is 77.5 Å². The average molecular weight is 230 g/mol. The van der Waals surface area contributed by atoms with E-state index < -0.39 is 0 Å². The molecule has 0 rings (SSSR count). The molecule has 0 aliphatic carbocycles. The summed E-state index contributed by atoms with van der Waals surface area (Å²) < 4.78 is 0. The zero-order valence-corrected chi connectivity index (χ0v) is 11.2. The van der Waals surface area contributed by atoms with Crippen LogP contribution in [-0.4, -0.2) is 29.8 Å². The Bertz CT molecular complexity index is 151. The summed E-state index contributed by atoms with van der Waals surface area (Å²) in [6.45, 7) is 7.05. The molecule has 0 aromatic rings. The van der Waals surface area contributed by atoms with Gasteiger partial charge in [0.05, 0.1) is 6.10 Å². The van der Waals surface area contributed by atoms with Gasteiger partial charge in [0.15, 0.2) is 0 Å². The standard InChI is InChI=1S/C13H30N2O/c1-4-6-8-12(9-11(3)14)15-10-13(16)7-5-2/h11-13,15-16H,4-10,14H2,1-3H3. The van der Waals surface area contributed by atoms with Crippen LogP contribution in [0.3, 0.4) is 0 Å². The third kappa shape index (κ3) is 9.13. The van der Waals surface area contributed by atoms with E-state index in [9.17, 15) is 5.11 Å². The van der Waals surface area contributed by atoms with Crippen LogP contribution in [-0.2, 0) is 0 Å². The van der Waals surface area contributed by atoms with Gasteiger partial charge in [-0.15, -0.1) is 0 Å². The fourth-order valence-corrected chi connectivity index (χ4v) is 1.94. The summed E-state index contributed by atoms with van der Waals surface area (Å²) in [4.78, 5) is 0. The van der Waals surface area contributed by atoms with Gasteiger partial charge in [0.25, 0.3) is 0 Å². The second kappa shape index (κ2) is 10.1. The second-order valence-corrected chi connectivity index (χ2v) is 4.90. The average Bonchev–Trinajstić information content (AvgIpc) is 2.22. The summed E-state index contributed by atoms with van der Waals surface area (Å²) in [7, 11) is 0. The highest BCUT2D eigenvalue weighted by Gasteiger charge is 2.11. The van der Waals surface area contributed by atoms with Crippen LogP contribution in [0.2, 0.25) is 0 Å². The molecule has 0 aromatic heterocycles. The Labute approximate surface area is 101 Å². The van der Waals surface area contributed by atoms with Gasteiger partial charge in [-0.3, -0.25) is 0 Å². The van der Waals surface area contributed by atoms with E-state index in [4.69, 9.17) is 5.73 Å².